The van der Waals surface area contributed by atoms with Gasteiger partial charge in [0.15, 0.2) is 5.25 Å². The van der Waals surface area contributed by atoms with Crippen molar-refractivity contribution in [3.63, 3.8) is 0 Å². The van der Waals surface area contributed by atoms with E-state index in [2.05, 4.69) is 5.32 Å². The van der Waals surface area contributed by atoms with Crippen LogP contribution in [-0.4, -0.2) is 69.1 Å². The lowest BCUT2D eigenvalue weighted by Crippen LogP contribution is -2.45. The van der Waals surface area contributed by atoms with Crippen molar-refractivity contribution in [2.24, 2.45) is 11.8 Å². The van der Waals surface area contributed by atoms with Gasteiger partial charge in [0.2, 0.25) is 15.9 Å². The van der Waals surface area contributed by atoms with Crippen molar-refractivity contribution < 1.29 is 13.2 Å². The summed E-state index contributed by atoms with van der Waals surface area (Å²) in [4.78, 5) is 13.1. The molecule has 112 valence electrons. The third kappa shape index (κ3) is 3.04. The summed E-state index contributed by atoms with van der Waals surface area (Å²) in [5.74, 6) is 0.452. The molecule has 0 spiro atoms. The lowest BCUT2D eigenvalue weighted by molar-refractivity contribution is -0.128. The van der Waals surface area contributed by atoms with Gasteiger partial charge < -0.3 is 10.2 Å². The Morgan fingerprint density at radius 2 is 1.74 bits per heavy atom. The number of rotatable bonds is 3. The van der Waals surface area contributed by atoms with Crippen molar-refractivity contribution >= 4 is 28.3 Å². The predicted octanol–water partition coefficient (Wildman–Crippen LogP) is -0.634. The molecule has 0 radical (unpaired) electrons. The van der Waals surface area contributed by atoms with E-state index in [1.54, 1.807) is 14.1 Å². The molecule has 2 aliphatic rings. The molecule has 0 bridgehead atoms. The molecule has 19 heavy (non-hydrogen) atoms. The van der Waals surface area contributed by atoms with Crippen LogP contribution < -0.4 is 5.32 Å². The monoisotopic (exact) mass is 311 g/mol. The van der Waals surface area contributed by atoms with Gasteiger partial charge in [0.25, 0.3) is 0 Å². The molecule has 1 unspecified atom stereocenters. The summed E-state index contributed by atoms with van der Waals surface area (Å²) in [5, 5.41) is 2.28. The van der Waals surface area contributed by atoms with E-state index in [0.29, 0.717) is 24.9 Å². The minimum atomic E-state index is -3.51. The molecule has 2 saturated heterocycles. The van der Waals surface area contributed by atoms with E-state index in [4.69, 9.17) is 0 Å². The highest BCUT2D eigenvalue weighted by Crippen LogP contribution is 2.29. The second kappa shape index (κ2) is 5.95. The quantitative estimate of drug-likeness (QED) is 0.753. The number of nitrogens with zero attached hydrogens (tertiary/aromatic N) is 2. The molecule has 0 aromatic rings. The van der Waals surface area contributed by atoms with Gasteiger partial charge in [-0.15, -0.1) is 12.4 Å². The Morgan fingerprint density at radius 3 is 2.16 bits per heavy atom. The largest absolute Gasteiger partial charge is 0.348 e. The molecule has 0 saturated carbocycles. The number of hydrogen-bond acceptors (Lipinski definition) is 4. The second-order valence-corrected chi connectivity index (χ2v) is 7.67. The Morgan fingerprint density at radius 1 is 1.26 bits per heavy atom. The van der Waals surface area contributed by atoms with Gasteiger partial charge in [0.05, 0.1) is 0 Å². The zero-order valence-electron chi connectivity index (χ0n) is 11.5. The van der Waals surface area contributed by atoms with Gasteiger partial charge in [-0.3, -0.25) is 4.79 Å². The molecule has 8 heteroatoms. The molecular formula is C11H22ClN3O3S. The average molecular weight is 312 g/mol. The van der Waals surface area contributed by atoms with Crippen LogP contribution >= 0.6 is 12.4 Å². The van der Waals surface area contributed by atoms with E-state index in [-0.39, 0.29) is 18.3 Å². The second-order valence-electron chi connectivity index (χ2n) is 5.42. The summed E-state index contributed by atoms with van der Waals surface area (Å²) in [6.07, 6.45) is 0. The Bertz CT molecular complexity index is 428. The van der Waals surface area contributed by atoms with Crippen LogP contribution in [-0.2, 0) is 14.8 Å². The van der Waals surface area contributed by atoms with Gasteiger partial charge in [-0.1, -0.05) is 0 Å². The highest BCUT2D eigenvalue weighted by molar-refractivity contribution is 7.90. The molecular weight excluding hydrogens is 290 g/mol. The van der Waals surface area contributed by atoms with Crippen LogP contribution in [0.3, 0.4) is 0 Å². The number of carbonyl (C=O) groups is 1. The van der Waals surface area contributed by atoms with E-state index in [9.17, 15) is 13.2 Å². The maximum absolute atomic E-state index is 12.4. The van der Waals surface area contributed by atoms with E-state index in [1.807, 2.05) is 0 Å². The van der Waals surface area contributed by atoms with Crippen LogP contribution in [0.1, 0.15) is 6.92 Å². The Labute approximate surface area is 121 Å². The summed E-state index contributed by atoms with van der Waals surface area (Å²) in [5.41, 5.74) is 0. The van der Waals surface area contributed by atoms with Gasteiger partial charge in [0.1, 0.15) is 0 Å². The minimum absolute atomic E-state index is 0. The van der Waals surface area contributed by atoms with Crippen molar-refractivity contribution in [3.05, 3.63) is 0 Å². The molecule has 6 nitrogen and oxygen atoms in total. The fourth-order valence-electron chi connectivity index (χ4n) is 2.73. The van der Waals surface area contributed by atoms with E-state index >= 15 is 0 Å². The summed E-state index contributed by atoms with van der Waals surface area (Å²) in [6, 6.07) is 0. The van der Waals surface area contributed by atoms with Crippen LogP contribution in [0.25, 0.3) is 0 Å². The molecule has 0 aliphatic carbocycles. The number of halogens is 1. The number of carbonyl (C=O) groups excluding carboxylic acids is 1. The van der Waals surface area contributed by atoms with Crippen molar-refractivity contribution in [1.29, 1.82) is 0 Å². The first-order valence-corrected chi connectivity index (χ1v) is 7.75. The number of nitrogens with one attached hydrogen (secondary N) is 1. The third-order valence-corrected chi connectivity index (χ3v) is 6.06. The zero-order chi connectivity index (χ0) is 13.5. The molecule has 0 aromatic heterocycles. The van der Waals surface area contributed by atoms with Gasteiger partial charge >= 0.3 is 0 Å². The van der Waals surface area contributed by atoms with Gasteiger partial charge in [0, 0.05) is 27.2 Å². The number of hydrogen-bond donors (Lipinski definition) is 1. The topological polar surface area (TPSA) is 69.7 Å². The maximum atomic E-state index is 12.4. The Hall–Kier alpha value is -0.370. The highest BCUT2D eigenvalue weighted by Gasteiger charge is 2.44. The van der Waals surface area contributed by atoms with Crippen molar-refractivity contribution in [2.75, 3.05) is 40.3 Å². The SMILES string of the molecule is CC(C(=O)N(C)C)S(=O)(=O)N1C[C@H]2CNC[C@H]2C1.Cl. The van der Waals surface area contributed by atoms with E-state index in [0.717, 1.165) is 13.1 Å². The smallest absolute Gasteiger partial charge is 0.241 e. The predicted molar refractivity (Wildman–Crippen MR) is 75.7 cm³/mol. The van der Waals surface area contributed by atoms with E-state index in [1.165, 1.54) is 16.1 Å². The third-order valence-electron chi connectivity index (χ3n) is 3.95. The molecule has 1 N–H and O–H groups in total. The van der Waals surface area contributed by atoms with Crippen molar-refractivity contribution in [2.45, 2.75) is 12.2 Å². The molecule has 3 atom stereocenters. The van der Waals surface area contributed by atoms with Crippen LogP contribution in [0.2, 0.25) is 0 Å². The number of sulfonamides is 1. The number of amides is 1. The Kier molecular flexibility index (Phi) is 5.22. The Balaban J connectivity index is 0.00000180. The highest BCUT2D eigenvalue weighted by atomic mass is 35.5. The average Bonchev–Trinajstić information content (AvgIpc) is 2.86. The normalized spacial score (nSPS) is 28.6. The summed E-state index contributed by atoms with van der Waals surface area (Å²) in [6.45, 7) is 4.33. The van der Waals surface area contributed by atoms with Crippen molar-refractivity contribution in [1.82, 2.24) is 14.5 Å². The van der Waals surface area contributed by atoms with Crippen LogP contribution in [0.4, 0.5) is 0 Å². The van der Waals surface area contributed by atoms with Gasteiger partial charge in [-0.2, -0.15) is 0 Å². The van der Waals surface area contributed by atoms with Crippen LogP contribution in [0.5, 0.6) is 0 Å². The molecule has 2 aliphatic heterocycles. The summed E-state index contributed by atoms with van der Waals surface area (Å²) < 4.78 is 26.2. The molecule has 2 rings (SSSR count). The van der Waals surface area contributed by atoms with Gasteiger partial charge in [-0.05, 0) is 31.8 Å². The fourth-order valence-corrected chi connectivity index (χ4v) is 4.45. The zero-order valence-corrected chi connectivity index (χ0v) is 13.1. The first-order chi connectivity index (χ1) is 8.34. The maximum Gasteiger partial charge on any atom is 0.241 e. The summed E-state index contributed by atoms with van der Waals surface area (Å²) in [7, 11) is -0.350. The molecule has 2 heterocycles. The first kappa shape index (κ1) is 16.7. The van der Waals surface area contributed by atoms with Gasteiger partial charge in [-0.25, -0.2) is 12.7 Å². The lowest BCUT2D eigenvalue weighted by atomic mass is 10.0. The van der Waals surface area contributed by atoms with E-state index < -0.39 is 15.3 Å². The molecule has 1 amide bonds. The lowest BCUT2D eigenvalue weighted by Gasteiger charge is -2.23. The fraction of sp³-hybridized carbons (Fsp3) is 0.909. The molecule has 0 aromatic carbocycles. The molecule has 2 fully saturated rings. The van der Waals surface area contributed by atoms with Crippen LogP contribution in [0.15, 0.2) is 0 Å². The minimum Gasteiger partial charge on any atom is -0.348 e. The van der Waals surface area contributed by atoms with Crippen LogP contribution in [0, 0.1) is 11.8 Å². The first-order valence-electron chi connectivity index (χ1n) is 6.25. The number of fused-ring (bicyclic) bond motifs is 1. The summed E-state index contributed by atoms with van der Waals surface area (Å²) >= 11 is 0. The standard InChI is InChI=1S/C11H21N3O3S.ClH/c1-8(11(15)13(2)3)18(16,17)14-6-9-4-12-5-10(9)7-14;/h8-10,12H,4-7H2,1-3H3;1H/t8?,9-,10+;. The van der Waals surface area contributed by atoms with Crippen molar-refractivity contribution in [3.8, 4) is 0 Å².